The van der Waals surface area contributed by atoms with E-state index in [2.05, 4.69) is 0 Å². The lowest BCUT2D eigenvalue weighted by atomic mass is 10.1. The van der Waals surface area contributed by atoms with E-state index in [9.17, 15) is 23.3 Å². The standard InChI is InChI=1S/C17H16N2O6S/c1-11-3-9-14(10-4-11)26(23,24)18-15(16(18)17(20)25-2)12-5-7-13(8-6-12)19(21)22/h3-10,15-16H,1-2H3/t15-,16+,18?/m0/s1. The Morgan fingerprint density at radius 1 is 1.12 bits per heavy atom. The maximum absolute atomic E-state index is 12.9. The highest BCUT2D eigenvalue weighted by molar-refractivity contribution is 7.89. The summed E-state index contributed by atoms with van der Waals surface area (Å²) in [5.41, 5.74) is 1.28. The van der Waals surface area contributed by atoms with Gasteiger partial charge in [-0.1, -0.05) is 29.8 Å². The predicted octanol–water partition coefficient (Wildman–Crippen LogP) is 2.19. The third-order valence-electron chi connectivity index (χ3n) is 4.24. The second-order valence-corrected chi connectivity index (χ2v) is 7.75. The number of non-ortho nitro benzene ring substituents is 1. The molecule has 3 rings (SSSR count). The number of nitro groups is 1. The number of sulfonamides is 1. The fraction of sp³-hybridized carbons (Fsp3) is 0.235. The van der Waals surface area contributed by atoms with E-state index in [1.165, 1.54) is 43.5 Å². The number of carbonyl (C=O) groups is 1. The summed E-state index contributed by atoms with van der Waals surface area (Å²) in [5, 5.41) is 10.8. The molecule has 26 heavy (non-hydrogen) atoms. The Bertz CT molecular complexity index is 954. The third-order valence-corrected chi connectivity index (χ3v) is 6.12. The van der Waals surface area contributed by atoms with Crippen molar-refractivity contribution in [3.05, 3.63) is 69.8 Å². The molecule has 0 amide bonds. The summed E-state index contributed by atoms with van der Waals surface area (Å²) >= 11 is 0. The Morgan fingerprint density at radius 2 is 1.69 bits per heavy atom. The molecule has 1 unspecified atom stereocenters. The number of nitrogens with zero attached hydrogens (tertiary/aromatic N) is 2. The average molecular weight is 376 g/mol. The van der Waals surface area contributed by atoms with Gasteiger partial charge in [-0.3, -0.25) is 14.9 Å². The monoisotopic (exact) mass is 376 g/mol. The van der Waals surface area contributed by atoms with Crippen molar-refractivity contribution < 1.29 is 22.9 Å². The first-order valence-electron chi connectivity index (χ1n) is 7.70. The van der Waals surface area contributed by atoms with Gasteiger partial charge in [0.2, 0.25) is 10.0 Å². The minimum Gasteiger partial charge on any atom is -0.468 e. The zero-order valence-electron chi connectivity index (χ0n) is 14.0. The predicted molar refractivity (Wildman–Crippen MR) is 91.8 cm³/mol. The molecule has 2 aromatic carbocycles. The summed E-state index contributed by atoms with van der Waals surface area (Å²) in [6.07, 6.45) is 0. The maximum Gasteiger partial charge on any atom is 0.326 e. The van der Waals surface area contributed by atoms with Gasteiger partial charge in [0.15, 0.2) is 0 Å². The lowest BCUT2D eigenvalue weighted by Crippen LogP contribution is -2.20. The number of ether oxygens (including phenoxy) is 1. The van der Waals surface area contributed by atoms with Crippen molar-refractivity contribution >= 4 is 21.7 Å². The number of benzene rings is 2. The van der Waals surface area contributed by atoms with Gasteiger partial charge in [-0.05, 0) is 24.6 Å². The van der Waals surface area contributed by atoms with Crippen LogP contribution in [-0.4, -0.2) is 36.8 Å². The largest absolute Gasteiger partial charge is 0.468 e. The highest BCUT2D eigenvalue weighted by Gasteiger charge is 2.61. The Hall–Kier alpha value is -2.78. The average Bonchev–Trinajstić information content (AvgIpc) is 3.38. The van der Waals surface area contributed by atoms with E-state index in [0.29, 0.717) is 5.56 Å². The summed E-state index contributed by atoms with van der Waals surface area (Å²) in [6, 6.07) is 10.00. The van der Waals surface area contributed by atoms with Gasteiger partial charge in [-0.2, -0.15) is 4.31 Å². The van der Waals surface area contributed by atoms with Gasteiger partial charge in [0.05, 0.1) is 23.0 Å². The van der Waals surface area contributed by atoms with Crippen LogP contribution < -0.4 is 0 Å². The quantitative estimate of drug-likeness (QED) is 0.343. The Kier molecular flexibility index (Phi) is 4.51. The number of carbonyl (C=O) groups excluding carboxylic acids is 1. The van der Waals surface area contributed by atoms with Crippen molar-refractivity contribution in [2.24, 2.45) is 0 Å². The van der Waals surface area contributed by atoms with Gasteiger partial charge >= 0.3 is 5.97 Å². The highest BCUT2D eigenvalue weighted by atomic mass is 32.2. The second kappa shape index (κ2) is 6.50. The molecule has 0 bridgehead atoms. The number of esters is 1. The van der Waals surface area contributed by atoms with Crippen LogP contribution in [0.1, 0.15) is 17.2 Å². The van der Waals surface area contributed by atoms with Crippen LogP contribution in [0.25, 0.3) is 0 Å². The van der Waals surface area contributed by atoms with Crippen LogP contribution in [-0.2, 0) is 19.6 Å². The van der Waals surface area contributed by atoms with Crippen molar-refractivity contribution in [1.29, 1.82) is 0 Å². The Labute approximate surface area is 150 Å². The molecule has 0 saturated carbocycles. The topological polar surface area (TPSA) is 107 Å². The van der Waals surface area contributed by atoms with Gasteiger partial charge in [0.1, 0.15) is 6.04 Å². The van der Waals surface area contributed by atoms with Crippen LogP contribution in [0.4, 0.5) is 5.69 Å². The maximum atomic E-state index is 12.9. The van der Waals surface area contributed by atoms with E-state index in [4.69, 9.17) is 4.74 Å². The molecule has 0 radical (unpaired) electrons. The zero-order valence-corrected chi connectivity index (χ0v) is 14.8. The summed E-state index contributed by atoms with van der Waals surface area (Å²) in [5.74, 6) is -0.677. The molecule has 0 aliphatic carbocycles. The molecular weight excluding hydrogens is 360 g/mol. The third kappa shape index (κ3) is 3.06. The fourth-order valence-electron chi connectivity index (χ4n) is 2.82. The van der Waals surface area contributed by atoms with Gasteiger partial charge in [-0.25, -0.2) is 8.42 Å². The summed E-state index contributed by atoms with van der Waals surface area (Å²) in [4.78, 5) is 22.3. The molecule has 136 valence electrons. The van der Waals surface area contributed by atoms with E-state index >= 15 is 0 Å². The first-order valence-corrected chi connectivity index (χ1v) is 9.14. The van der Waals surface area contributed by atoms with Crippen molar-refractivity contribution in [3.63, 3.8) is 0 Å². The summed E-state index contributed by atoms with van der Waals surface area (Å²) < 4.78 is 31.6. The van der Waals surface area contributed by atoms with Crippen LogP contribution in [0.15, 0.2) is 53.4 Å². The zero-order chi connectivity index (χ0) is 19.1. The lowest BCUT2D eigenvalue weighted by Gasteiger charge is -2.07. The smallest absolute Gasteiger partial charge is 0.326 e. The van der Waals surface area contributed by atoms with Crippen LogP contribution >= 0.6 is 0 Å². The van der Waals surface area contributed by atoms with E-state index < -0.39 is 33.0 Å². The van der Waals surface area contributed by atoms with Crippen LogP contribution in [0.2, 0.25) is 0 Å². The fourth-order valence-corrected chi connectivity index (χ4v) is 4.52. The number of aryl methyl sites for hydroxylation is 1. The first kappa shape index (κ1) is 18.0. The number of nitro benzene ring substituents is 1. The van der Waals surface area contributed by atoms with E-state index in [1.807, 2.05) is 6.92 Å². The van der Waals surface area contributed by atoms with Crippen molar-refractivity contribution in [3.8, 4) is 0 Å². The van der Waals surface area contributed by atoms with Gasteiger partial charge in [0, 0.05) is 12.1 Å². The van der Waals surface area contributed by atoms with Gasteiger partial charge in [0.25, 0.3) is 5.69 Å². The molecule has 0 aromatic heterocycles. The molecule has 9 heteroatoms. The Balaban J connectivity index is 1.97. The molecule has 1 aliphatic rings. The molecule has 8 nitrogen and oxygen atoms in total. The number of methoxy groups -OCH3 is 1. The van der Waals surface area contributed by atoms with E-state index in [-0.39, 0.29) is 10.6 Å². The van der Waals surface area contributed by atoms with E-state index in [0.717, 1.165) is 9.87 Å². The normalized spacial score (nSPS) is 21.8. The minimum atomic E-state index is -3.91. The van der Waals surface area contributed by atoms with Crippen LogP contribution in [0, 0.1) is 17.0 Å². The van der Waals surface area contributed by atoms with E-state index in [1.54, 1.807) is 12.1 Å². The van der Waals surface area contributed by atoms with Gasteiger partial charge < -0.3 is 4.74 Å². The minimum absolute atomic E-state index is 0.0708. The molecule has 1 aliphatic heterocycles. The SMILES string of the molecule is COC(=O)[C@H]1[C@H](c2ccc([N+](=O)[O-])cc2)N1S(=O)(=O)c1ccc(C)cc1. The van der Waals surface area contributed by atoms with Crippen molar-refractivity contribution in [2.45, 2.75) is 23.9 Å². The molecule has 2 aromatic rings. The molecule has 3 atom stereocenters. The van der Waals surface area contributed by atoms with Gasteiger partial charge in [-0.15, -0.1) is 0 Å². The molecule has 0 N–H and O–H groups in total. The molecule has 0 spiro atoms. The summed E-state index contributed by atoms with van der Waals surface area (Å²) in [7, 11) is -2.73. The first-order chi connectivity index (χ1) is 12.3. The highest BCUT2D eigenvalue weighted by Crippen LogP contribution is 2.48. The van der Waals surface area contributed by atoms with Crippen molar-refractivity contribution in [1.82, 2.24) is 4.31 Å². The number of rotatable bonds is 5. The van der Waals surface area contributed by atoms with Crippen LogP contribution in [0.5, 0.6) is 0 Å². The lowest BCUT2D eigenvalue weighted by molar-refractivity contribution is -0.384. The molecule has 1 heterocycles. The van der Waals surface area contributed by atoms with Crippen LogP contribution in [0.3, 0.4) is 0 Å². The van der Waals surface area contributed by atoms with Crippen molar-refractivity contribution in [2.75, 3.05) is 7.11 Å². The Morgan fingerprint density at radius 3 is 2.19 bits per heavy atom. The molecule has 1 saturated heterocycles. The number of hydrogen-bond acceptors (Lipinski definition) is 6. The second-order valence-electron chi connectivity index (χ2n) is 5.91. The summed E-state index contributed by atoms with van der Waals surface area (Å²) in [6.45, 7) is 1.84. The molecular formula is C17H16N2O6S. The number of hydrogen-bond donors (Lipinski definition) is 0. The molecule has 1 fully saturated rings.